The number of phenolic OH excluding ortho intramolecular Hbond substituents is 1. The number of aromatic amines is 1. The summed E-state index contributed by atoms with van der Waals surface area (Å²) >= 11 is 0. The van der Waals surface area contributed by atoms with Crippen LogP contribution in [0.1, 0.15) is 36.7 Å². The summed E-state index contributed by atoms with van der Waals surface area (Å²) in [5, 5.41) is 13.4. The standard InChI is InChI=1S/C19H20N2O2/c1-19(2,3)12-7-9-13(10-8-12)21-18(23)14-11-20-15-5-4-6-16(22)17(14)15/h4-11,20,22H,1-3H3,(H,21,23). The van der Waals surface area contributed by atoms with Gasteiger partial charge in [0.25, 0.3) is 5.91 Å². The highest BCUT2D eigenvalue weighted by molar-refractivity contribution is 6.14. The Kier molecular flexibility index (Phi) is 3.60. The third-order valence-corrected chi connectivity index (χ3v) is 3.94. The molecule has 0 fully saturated rings. The number of nitrogens with one attached hydrogen (secondary N) is 2. The highest BCUT2D eigenvalue weighted by Gasteiger charge is 2.16. The molecule has 1 heterocycles. The summed E-state index contributed by atoms with van der Waals surface area (Å²) in [5.41, 5.74) is 3.18. The van der Waals surface area contributed by atoms with Crippen molar-refractivity contribution in [3.05, 3.63) is 59.8 Å². The monoisotopic (exact) mass is 308 g/mol. The van der Waals surface area contributed by atoms with Crippen LogP contribution in [0.5, 0.6) is 5.75 Å². The Morgan fingerprint density at radius 1 is 1.09 bits per heavy atom. The second-order valence-electron chi connectivity index (χ2n) is 6.68. The van der Waals surface area contributed by atoms with E-state index in [9.17, 15) is 9.90 Å². The molecule has 3 N–H and O–H groups in total. The molecular weight excluding hydrogens is 288 g/mol. The molecule has 0 spiro atoms. The van der Waals surface area contributed by atoms with Crippen molar-refractivity contribution >= 4 is 22.5 Å². The zero-order valence-corrected chi connectivity index (χ0v) is 13.5. The summed E-state index contributed by atoms with van der Waals surface area (Å²) in [6, 6.07) is 13.0. The van der Waals surface area contributed by atoms with Crippen LogP contribution < -0.4 is 5.32 Å². The smallest absolute Gasteiger partial charge is 0.257 e. The molecule has 0 aliphatic heterocycles. The van der Waals surface area contributed by atoms with E-state index in [0.29, 0.717) is 10.9 Å². The van der Waals surface area contributed by atoms with Gasteiger partial charge in [-0.25, -0.2) is 0 Å². The molecule has 3 rings (SSSR count). The fourth-order valence-corrected chi connectivity index (χ4v) is 2.60. The van der Waals surface area contributed by atoms with E-state index in [1.807, 2.05) is 30.3 Å². The molecule has 1 aromatic heterocycles. The first-order valence-electron chi connectivity index (χ1n) is 7.57. The molecule has 0 saturated heterocycles. The molecule has 2 aromatic carbocycles. The minimum Gasteiger partial charge on any atom is -0.507 e. The van der Waals surface area contributed by atoms with Crippen molar-refractivity contribution in [2.75, 3.05) is 5.32 Å². The van der Waals surface area contributed by atoms with E-state index < -0.39 is 0 Å². The van der Waals surface area contributed by atoms with Gasteiger partial charge in [0.1, 0.15) is 5.75 Å². The van der Waals surface area contributed by atoms with E-state index in [0.717, 1.165) is 11.2 Å². The molecule has 0 saturated carbocycles. The van der Waals surface area contributed by atoms with Gasteiger partial charge in [0.15, 0.2) is 0 Å². The van der Waals surface area contributed by atoms with E-state index in [-0.39, 0.29) is 17.1 Å². The van der Waals surface area contributed by atoms with Crippen LogP contribution in [0.3, 0.4) is 0 Å². The van der Waals surface area contributed by atoms with E-state index in [1.54, 1.807) is 18.3 Å². The number of aromatic hydroxyl groups is 1. The Morgan fingerprint density at radius 3 is 2.43 bits per heavy atom. The maximum Gasteiger partial charge on any atom is 0.257 e. The number of hydrogen-bond acceptors (Lipinski definition) is 2. The zero-order valence-electron chi connectivity index (χ0n) is 13.5. The maximum absolute atomic E-state index is 12.5. The largest absolute Gasteiger partial charge is 0.507 e. The van der Waals surface area contributed by atoms with Gasteiger partial charge in [-0.05, 0) is 35.2 Å². The molecule has 0 bridgehead atoms. The van der Waals surface area contributed by atoms with Gasteiger partial charge in [0, 0.05) is 17.4 Å². The molecule has 23 heavy (non-hydrogen) atoms. The molecule has 0 atom stereocenters. The number of hydrogen-bond donors (Lipinski definition) is 3. The van der Waals surface area contributed by atoms with Gasteiger partial charge < -0.3 is 15.4 Å². The van der Waals surface area contributed by atoms with Crippen LogP contribution in [-0.4, -0.2) is 16.0 Å². The highest BCUT2D eigenvalue weighted by Crippen LogP contribution is 2.28. The van der Waals surface area contributed by atoms with Crippen molar-refractivity contribution in [3.8, 4) is 5.75 Å². The topological polar surface area (TPSA) is 65.1 Å². The second-order valence-corrected chi connectivity index (χ2v) is 6.68. The Hall–Kier alpha value is -2.75. The lowest BCUT2D eigenvalue weighted by Gasteiger charge is -2.19. The molecular formula is C19H20N2O2. The van der Waals surface area contributed by atoms with Crippen LogP contribution in [-0.2, 0) is 5.41 Å². The van der Waals surface area contributed by atoms with Gasteiger partial charge in [-0.2, -0.15) is 0 Å². The van der Waals surface area contributed by atoms with Gasteiger partial charge >= 0.3 is 0 Å². The number of amides is 1. The fourth-order valence-electron chi connectivity index (χ4n) is 2.60. The van der Waals surface area contributed by atoms with Crippen LogP contribution >= 0.6 is 0 Å². The van der Waals surface area contributed by atoms with Crippen LogP contribution in [0, 0.1) is 0 Å². The lowest BCUT2D eigenvalue weighted by molar-refractivity contribution is 0.102. The number of H-pyrrole nitrogens is 1. The minimum atomic E-state index is -0.249. The first-order chi connectivity index (χ1) is 10.9. The summed E-state index contributed by atoms with van der Waals surface area (Å²) in [6.45, 7) is 6.44. The number of fused-ring (bicyclic) bond motifs is 1. The van der Waals surface area contributed by atoms with Crippen molar-refractivity contribution in [2.45, 2.75) is 26.2 Å². The predicted octanol–water partition coefficient (Wildman–Crippen LogP) is 4.42. The van der Waals surface area contributed by atoms with Gasteiger partial charge in [0.05, 0.1) is 10.9 Å². The second kappa shape index (κ2) is 5.47. The van der Waals surface area contributed by atoms with Crippen molar-refractivity contribution in [1.29, 1.82) is 0 Å². The fraction of sp³-hybridized carbons (Fsp3) is 0.211. The number of phenols is 1. The van der Waals surface area contributed by atoms with Crippen LogP contribution in [0.4, 0.5) is 5.69 Å². The Labute approximate surface area is 135 Å². The average molecular weight is 308 g/mol. The number of rotatable bonds is 2. The Bertz CT molecular complexity index is 855. The highest BCUT2D eigenvalue weighted by atomic mass is 16.3. The molecule has 118 valence electrons. The van der Waals surface area contributed by atoms with Gasteiger partial charge in [-0.15, -0.1) is 0 Å². The van der Waals surface area contributed by atoms with Crippen LogP contribution in [0.25, 0.3) is 10.9 Å². The van der Waals surface area contributed by atoms with Crippen molar-refractivity contribution in [3.63, 3.8) is 0 Å². The van der Waals surface area contributed by atoms with Crippen molar-refractivity contribution in [2.24, 2.45) is 0 Å². The first-order valence-corrected chi connectivity index (χ1v) is 7.57. The molecule has 3 aromatic rings. The van der Waals surface area contributed by atoms with Gasteiger partial charge in [-0.1, -0.05) is 39.0 Å². The molecule has 1 amide bonds. The average Bonchev–Trinajstić information content (AvgIpc) is 2.92. The SMILES string of the molecule is CC(C)(C)c1ccc(NC(=O)c2c[nH]c3cccc(O)c23)cc1. The van der Waals surface area contributed by atoms with E-state index in [4.69, 9.17) is 0 Å². The normalized spacial score (nSPS) is 11.6. The van der Waals surface area contributed by atoms with Crippen LogP contribution in [0.2, 0.25) is 0 Å². The summed E-state index contributed by atoms with van der Waals surface area (Å²) in [7, 11) is 0. The molecule has 0 aliphatic rings. The van der Waals surface area contributed by atoms with E-state index >= 15 is 0 Å². The molecule has 0 radical (unpaired) electrons. The van der Waals surface area contributed by atoms with Crippen molar-refractivity contribution < 1.29 is 9.90 Å². The minimum absolute atomic E-state index is 0.0746. The number of carbonyl (C=O) groups excluding carboxylic acids is 1. The quantitative estimate of drug-likeness (QED) is 0.656. The lowest BCUT2D eigenvalue weighted by Crippen LogP contribution is -2.13. The molecule has 4 heteroatoms. The number of aromatic nitrogens is 1. The van der Waals surface area contributed by atoms with Gasteiger partial charge in [-0.3, -0.25) is 4.79 Å². The third kappa shape index (κ3) is 2.93. The summed E-state index contributed by atoms with van der Waals surface area (Å²) in [5.74, 6) is -0.154. The summed E-state index contributed by atoms with van der Waals surface area (Å²) in [6.07, 6.45) is 1.61. The third-order valence-electron chi connectivity index (χ3n) is 3.94. The summed E-state index contributed by atoms with van der Waals surface area (Å²) < 4.78 is 0. The lowest BCUT2D eigenvalue weighted by atomic mass is 9.87. The van der Waals surface area contributed by atoms with Crippen LogP contribution in [0.15, 0.2) is 48.7 Å². The summed E-state index contributed by atoms with van der Waals surface area (Å²) in [4.78, 5) is 15.5. The van der Waals surface area contributed by atoms with E-state index in [1.165, 1.54) is 5.56 Å². The number of benzene rings is 2. The number of anilines is 1. The molecule has 4 nitrogen and oxygen atoms in total. The first kappa shape index (κ1) is 15.2. The Morgan fingerprint density at radius 2 is 1.78 bits per heavy atom. The van der Waals surface area contributed by atoms with E-state index in [2.05, 4.69) is 31.1 Å². The predicted molar refractivity (Wildman–Crippen MR) is 93.1 cm³/mol. The molecule has 0 unspecified atom stereocenters. The molecule has 0 aliphatic carbocycles. The Balaban J connectivity index is 1.86. The maximum atomic E-state index is 12.5. The van der Waals surface area contributed by atoms with Crippen molar-refractivity contribution in [1.82, 2.24) is 4.98 Å². The number of carbonyl (C=O) groups is 1. The van der Waals surface area contributed by atoms with Gasteiger partial charge in [0.2, 0.25) is 0 Å². The zero-order chi connectivity index (χ0) is 16.6.